The van der Waals surface area contributed by atoms with Crippen molar-refractivity contribution in [1.29, 1.82) is 0 Å². The van der Waals surface area contributed by atoms with E-state index in [0.717, 1.165) is 40.6 Å². The van der Waals surface area contributed by atoms with Crippen molar-refractivity contribution in [2.75, 3.05) is 17.2 Å². The smallest absolute Gasteiger partial charge is 0.247 e. The number of ether oxygens (including phenoxy) is 1. The molecule has 2 N–H and O–H groups in total. The van der Waals surface area contributed by atoms with Crippen molar-refractivity contribution in [1.82, 2.24) is 9.47 Å². The third-order valence-corrected chi connectivity index (χ3v) is 6.88. The molecule has 0 saturated carbocycles. The van der Waals surface area contributed by atoms with Crippen LogP contribution < -0.4 is 15.4 Å². The molecule has 0 aliphatic carbocycles. The van der Waals surface area contributed by atoms with Gasteiger partial charge in [0.1, 0.15) is 11.8 Å². The molecule has 1 fully saturated rings. The monoisotopic (exact) mass is 480 g/mol. The van der Waals surface area contributed by atoms with Crippen LogP contribution in [0.1, 0.15) is 24.6 Å². The Hall–Kier alpha value is -4.59. The third kappa shape index (κ3) is 3.67. The number of nitrogens with one attached hydrogen (secondary N) is 2. The lowest BCUT2D eigenvalue weighted by atomic mass is 10.1. The predicted octanol–water partition coefficient (Wildman–Crippen LogP) is 4.38. The van der Waals surface area contributed by atoms with Gasteiger partial charge in [-0.25, -0.2) is 0 Å². The Morgan fingerprint density at radius 1 is 0.972 bits per heavy atom. The second-order valence-electron chi connectivity index (χ2n) is 9.02. The lowest BCUT2D eigenvalue weighted by Crippen LogP contribution is -2.38. The molecule has 2 aliphatic rings. The molecule has 3 amide bonds. The van der Waals surface area contributed by atoms with Crippen LogP contribution in [-0.4, -0.2) is 40.8 Å². The molecule has 3 heterocycles. The summed E-state index contributed by atoms with van der Waals surface area (Å²) < 4.78 is 8.63. The van der Waals surface area contributed by atoms with Crippen LogP contribution in [0.2, 0.25) is 0 Å². The Bertz CT molecular complexity index is 1480. The minimum absolute atomic E-state index is 0.172. The van der Waals surface area contributed by atoms with Crippen LogP contribution in [0.4, 0.5) is 11.4 Å². The van der Waals surface area contributed by atoms with Gasteiger partial charge < -0.3 is 24.8 Å². The van der Waals surface area contributed by atoms with Gasteiger partial charge in [-0.15, -0.1) is 0 Å². The number of hydrogen-bond donors (Lipinski definition) is 2. The van der Waals surface area contributed by atoms with Crippen LogP contribution in [0.3, 0.4) is 0 Å². The Morgan fingerprint density at radius 3 is 2.61 bits per heavy atom. The summed E-state index contributed by atoms with van der Waals surface area (Å²) in [4.78, 5) is 36.6. The molecule has 8 nitrogen and oxygen atoms in total. The first kappa shape index (κ1) is 21.9. The molecule has 0 radical (unpaired) electrons. The average molecular weight is 481 g/mol. The first-order valence-electron chi connectivity index (χ1n) is 11.9. The Balaban J connectivity index is 1.42. The van der Waals surface area contributed by atoms with Gasteiger partial charge in [-0.3, -0.25) is 14.4 Å². The first-order chi connectivity index (χ1) is 17.7. The van der Waals surface area contributed by atoms with Gasteiger partial charge in [0.2, 0.25) is 25.0 Å². The lowest BCUT2D eigenvalue weighted by Gasteiger charge is -2.30. The number of fused-ring (bicyclic) bond motifs is 5. The second kappa shape index (κ2) is 8.88. The van der Waals surface area contributed by atoms with Gasteiger partial charge >= 0.3 is 0 Å². The van der Waals surface area contributed by atoms with Crippen LogP contribution in [0.15, 0.2) is 72.8 Å². The fraction of sp³-hybridized carbons (Fsp3) is 0.179. The Morgan fingerprint density at radius 2 is 1.81 bits per heavy atom. The summed E-state index contributed by atoms with van der Waals surface area (Å²) in [6.45, 7) is 0.608. The van der Waals surface area contributed by atoms with Crippen molar-refractivity contribution in [3.8, 4) is 17.0 Å². The van der Waals surface area contributed by atoms with Gasteiger partial charge in [-0.05, 0) is 49.2 Å². The maximum absolute atomic E-state index is 12.8. The SMILES string of the molecule is O=CNc1ccc2c(c1)OC(c1ccccc1)n1c-2cc2cc(NC(=O)C3CCCN3C=O)ccc21. The molecule has 180 valence electrons. The summed E-state index contributed by atoms with van der Waals surface area (Å²) in [6.07, 6.45) is 2.48. The van der Waals surface area contributed by atoms with E-state index in [2.05, 4.69) is 21.3 Å². The largest absolute Gasteiger partial charge is 0.465 e. The van der Waals surface area contributed by atoms with Gasteiger partial charge in [0, 0.05) is 40.5 Å². The molecule has 3 aromatic carbocycles. The second-order valence-corrected chi connectivity index (χ2v) is 9.02. The summed E-state index contributed by atoms with van der Waals surface area (Å²) >= 11 is 0. The third-order valence-electron chi connectivity index (χ3n) is 6.88. The minimum atomic E-state index is -0.433. The highest BCUT2D eigenvalue weighted by molar-refractivity contribution is 5.99. The number of nitrogens with zero attached hydrogens (tertiary/aromatic N) is 2. The predicted molar refractivity (Wildman–Crippen MR) is 137 cm³/mol. The molecule has 0 spiro atoms. The molecule has 1 saturated heterocycles. The number of aromatic nitrogens is 1. The standard InChI is InChI=1S/C28H24N4O4/c33-16-29-20-8-10-22-25-14-19-13-21(30-27(35)24-7-4-12-31(24)17-34)9-11-23(19)32(25)28(36-26(22)15-20)18-5-2-1-3-6-18/h1-3,5-6,8-11,13-17,24,28H,4,7,12H2,(H,29,33)(H,30,35). The van der Waals surface area contributed by atoms with Crippen molar-refractivity contribution in [2.45, 2.75) is 25.1 Å². The summed E-state index contributed by atoms with van der Waals surface area (Å²) in [5, 5.41) is 6.62. The van der Waals surface area contributed by atoms with Crippen molar-refractivity contribution in [3.05, 3.63) is 78.4 Å². The summed E-state index contributed by atoms with van der Waals surface area (Å²) in [7, 11) is 0. The average Bonchev–Trinajstić information content (AvgIpc) is 3.53. The molecule has 6 rings (SSSR count). The number of rotatable bonds is 6. The van der Waals surface area contributed by atoms with Gasteiger partial charge in [0.05, 0.1) is 11.2 Å². The maximum Gasteiger partial charge on any atom is 0.247 e. The van der Waals surface area contributed by atoms with E-state index in [9.17, 15) is 14.4 Å². The highest BCUT2D eigenvalue weighted by Gasteiger charge is 2.31. The quantitative estimate of drug-likeness (QED) is 0.401. The summed E-state index contributed by atoms with van der Waals surface area (Å²) in [6, 6.07) is 23.0. The van der Waals surface area contributed by atoms with Crippen LogP contribution in [0, 0.1) is 0 Å². The number of hydrogen-bond acceptors (Lipinski definition) is 4. The van der Waals surface area contributed by atoms with Crippen LogP contribution in [0.25, 0.3) is 22.2 Å². The molecule has 4 aromatic rings. The number of likely N-dealkylation sites (tertiary alicyclic amines) is 1. The number of carbonyl (C=O) groups is 3. The summed E-state index contributed by atoms with van der Waals surface area (Å²) in [5.41, 5.74) is 5.17. The topological polar surface area (TPSA) is 92.7 Å². The van der Waals surface area contributed by atoms with Crippen LogP contribution in [0.5, 0.6) is 5.75 Å². The van der Waals surface area contributed by atoms with Gasteiger partial charge in [0.25, 0.3) is 0 Å². The number of anilines is 2. The zero-order valence-corrected chi connectivity index (χ0v) is 19.4. The maximum atomic E-state index is 12.8. The molecule has 2 aliphatic heterocycles. The molecule has 36 heavy (non-hydrogen) atoms. The van der Waals surface area contributed by atoms with Crippen LogP contribution in [-0.2, 0) is 14.4 Å². The Kier molecular flexibility index (Phi) is 5.41. The molecule has 0 bridgehead atoms. The van der Waals surface area contributed by atoms with E-state index in [1.807, 2.05) is 66.7 Å². The van der Waals surface area contributed by atoms with Crippen molar-refractivity contribution in [2.24, 2.45) is 0 Å². The number of benzene rings is 3. The molecule has 1 aromatic heterocycles. The van der Waals surface area contributed by atoms with Crippen molar-refractivity contribution >= 4 is 41.0 Å². The van der Waals surface area contributed by atoms with E-state index in [4.69, 9.17) is 4.74 Å². The molecule has 2 atom stereocenters. The minimum Gasteiger partial charge on any atom is -0.465 e. The van der Waals surface area contributed by atoms with E-state index in [1.54, 1.807) is 4.90 Å². The zero-order chi connectivity index (χ0) is 24.6. The summed E-state index contributed by atoms with van der Waals surface area (Å²) in [5.74, 6) is 0.503. The molecular weight excluding hydrogens is 456 g/mol. The van der Waals surface area contributed by atoms with E-state index >= 15 is 0 Å². The van der Waals surface area contributed by atoms with Gasteiger partial charge in [0.15, 0.2) is 0 Å². The van der Waals surface area contributed by atoms with E-state index in [0.29, 0.717) is 36.5 Å². The number of amides is 3. The van der Waals surface area contributed by atoms with E-state index < -0.39 is 12.3 Å². The lowest BCUT2D eigenvalue weighted by molar-refractivity contribution is -0.127. The fourth-order valence-corrected chi connectivity index (χ4v) is 5.19. The van der Waals surface area contributed by atoms with Crippen LogP contribution >= 0.6 is 0 Å². The van der Waals surface area contributed by atoms with Gasteiger partial charge in [-0.1, -0.05) is 30.3 Å². The zero-order valence-electron chi connectivity index (χ0n) is 19.4. The fourth-order valence-electron chi connectivity index (χ4n) is 5.19. The Labute approximate surface area is 207 Å². The highest BCUT2D eigenvalue weighted by Crippen LogP contribution is 2.45. The normalized spacial score (nSPS) is 18.2. The van der Waals surface area contributed by atoms with Crippen molar-refractivity contribution < 1.29 is 19.1 Å². The van der Waals surface area contributed by atoms with Gasteiger partial charge in [-0.2, -0.15) is 0 Å². The molecule has 2 unspecified atom stereocenters. The highest BCUT2D eigenvalue weighted by atomic mass is 16.5. The van der Waals surface area contributed by atoms with E-state index in [1.165, 1.54) is 0 Å². The van der Waals surface area contributed by atoms with E-state index in [-0.39, 0.29) is 5.91 Å². The molecule has 8 heteroatoms. The first-order valence-corrected chi connectivity index (χ1v) is 11.9. The van der Waals surface area contributed by atoms with Crippen molar-refractivity contribution in [3.63, 3.8) is 0 Å². The molecular formula is C28H24N4O4. The number of carbonyl (C=O) groups excluding carboxylic acids is 3.